The lowest BCUT2D eigenvalue weighted by atomic mass is 10.1. The molecule has 0 fully saturated rings. The summed E-state index contributed by atoms with van der Waals surface area (Å²) in [7, 11) is 1.25. The monoisotopic (exact) mass is 441 g/mol. The zero-order valence-electron chi connectivity index (χ0n) is 17.3. The number of nitrogens with zero attached hydrogens (tertiary/aromatic N) is 2. The maximum atomic E-state index is 12.6. The first kappa shape index (κ1) is 21.9. The third-order valence-electron chi connectivity index (χ3n) is 4.58. The van der Waals surface area contributed by atoms with Crippen molar-refractivity contribution in [2.24, 2.45) is 0 Å². The van der Waals surface area contributed by atoms with Crippen molar-refractivity contribution in [1.82, 2.24) is 4.57 Å². The van der Waals surface area contributed by atoms with Crippen molar-refractivity contribution in [3.8, 4) is 12.0 Å². The fourth-order valence-electron chi connectivity index (χ4n) is 2.96. The number of ether oxygens (including phenoxy) is 2. The zero-order valence-corrected chi connectivity index (χ0v) is 18.1. The van der Waals surface area contributed by atoms with Crippen molar-refractivity contribution in [2.75, 3.05) is 19.0 Å². The Kier molecular flexibility index (Phi) is 6.27. The highest BCUT2D eigenvalue weighted by molar-refractivity contribution is 7.16. The maximum Gasteiger partial charge on any atom is 0.343 e. The molecule has 0 aliphatic rings. The molecule has 3 aromatic rings. The Morgan fingerprint density at radius 2 is 1.84 bits per heavy atom. The highest BCUT2D eigenvalue weighted by Crippen LogP contribution is 2.33. The summed E-state index contributed by atoms with van der Waals surface area (Å²) in [6, 6.07) is 5.45. The summed E-state index contributed by atoms with van der Waals surface area (Å²) >= 11 is 1.22. The Balaban J connectivity index is 1.74. The minimum Gasteiger partial charge on any atom is -0.465 e. The second-order valence-corrected chi connectivity index (χ2v) is 7.74. The molecule has 3 rings (SSSR count). The average Bonchev–Trinajstić information content (AvgIpc) is 3.44. The molecule has 0 atom stereocenters. The lowest BCUT2D eigenvalue weighted by molar-refractivity contribution is -0.119. The molecule has 31 heavy (non-hydrogen) atoms. The van der Waals surface area contributed by atoms with Gasteiger partial charge in [-0.05, 0) is 38.5 Å². The number of nitrogens with one attached hydrogen (secondary N) is 1. The molecular weight excluding hydrogens is 422 g/mol. The average molecular weight is 441 g/mol. The van der Waals surface area contributed by atoms with E-state index in [9.17, 15) is 19.6 Å². The third kappa shape index (κ3) is 4.22. The number of aromatic nitrogens is 1. The molecule has 0 bridgehead atoms. The highest BCUT2D eigenvalue weighted by Gasteiger charge is 2.27. The number of methoxy groups -OCH3 is 1. The number of carbonyl (C=O) groups is 3. The Hall–Kier alpha value is -3.84. The Morgan fingerprint density at radius 3 is 2.45 bits per heavy atom. The molecule has 9 nitrogen and oxygen atoms in total. The minimum absolute atomic E-state index is 0.0107. The van der Waals surface area contributed by atoms with Crippen molar-refractivity contribution in [1.29, 1.82) is 5.26 Å². The first-order valence-corrected chi connectivity index (χ1v) is 9.92. The van der Waals surface area contributed by atoms with E-state index in [-0.39, 0.29) is 28.3 Å². The summed E-state index contributed by atoms with van der Waals surface area (Å²) in [6.07, 6.45) is 3.34. The number of anilines is 1. The number of carbonyl (C=O) groups excluding carboxylic acids is 3. The van der Waals surface area contributed by atoms with Crippen LogP contribution in [0.2, 0.25) is 0 Å². The van der Waals surface area contributed by atoms with Crippen LogP contribution in [0.15, 0.2) is 28.9 Å². The molecule has 1 N–H and O–H groups in total. The maximum absolute atomic E-state index is 12.6. The van der Waals surface area contributed by atoms with Gasteiger partial charge in [0.2, 0.25) is 5.88 Å². The molecule has 0 unspecified atom stereocenters. The van der Waals surface area contributed by atoms with Crippen LogP contribution in [0.3, 0.4) is 0 Å². The van der Waals surface area contributed by atoms with Gasteiger partial charge in [-0.2, -0.15) is 5.26 Å². The molecule has 3 heterocycles. The largest absolute Gasteiger partial charge is 0.465 e. The van der Waals surface area contributed by atoms with Gasteiger partial charge in [0.25, 0.3) is 5.91 Å². The Labute approximate surface area is 181 Å². The summed E-state index contributed by atoms with van der Waals surface area (Å²) < 4.78 is 17.0. The fraction of sp³-hybridized carbons (Fsp3) is 0.238. The van der Waals surface area contributed by atoms with Gasteiger partial charge in [-0.15, -0.1) is 11.3 Å². The van der Waals surface area contributed by atoms with Crippen LogP contribution >= 0.6 is 11.3 Å². The molecule has 1 amide bonds. The van der Waals surface area contributed by atoms with Crippen LogP contribution < -0.4 is 5.32 Å². The Morgan fingerprint density at radius 1 is 1.16 bits per heavy atom. The molecule has 0 radical (unpaired) electrons. The van der Waals surface area contributed by atoms with E-state index >= 15 is 0 Å². The van der Waals surface area contributed by atoms with Gasteiger partial charge >= 0.3 is 11.9 Å². The van der Waals surface area contributed by atoms with E-state index in [1.54, 1.807) is 36.0 Å². The molecule has 10 heteroatoms. The molecule has 0 aliphatic heterocycles. The van der Waals surface area contributed by atoms with Crippen molar-refractivity contribution in [3.63, 3.8) is 0 Å². The number of hydrogen-bond donors (Lipinski definition) is 1. The molecule has 0 aliphatic carbocycles. The van der Waals surface area contributed by atoms with Gasteiger partial charge in [0.05, 0.1) is 12.7 Å². The molecule has 3 aromatic heterocycles. The van der Waals surface area contributed by atoms with Crippen molar-refractivity contribution >= 4 is 34.2 Å². The SMILES string of the molecule is COC(=O)c1c(NC(=O)COC(=O)c2c(C)oc(-n3cccc3)c2C#N)sc(C)c1C. The molecular formula is C21H19N3O6S. The molecule has 160 valence electrons. The zero-order chi connectivity index (χ0) is 22.7. The number of thiophene rings is 1. The summed E-state index contributed by atoms with van der Waals surface area (Å²) in [5.41, 5.74) is 0.932. The number of amides is 1. The third-order valence-corrected chi connectivity index (χ3v) is 5.71. The van der Waals surface area contributed by atoms with Gasteiger partial charge in [-0.3, -0.25) is 9.36 Å². The number of nitriles is 1. The molecule has 0 aromatic carbocycles. The second kappa shape index (κ2) is 8.89. The summed E-state index contributed by atoms with van der Waals surface area (Å²) in [6.45, 7) is 4.49. The Bertz CT molecular complexity index is 1200. The highest BCUT2D eigenvalue weighted by atomic mass is 32.1. The van der Waals surface area contributed by atoms with Crippen LogP contribution in [0.5, 0.6) is 0 Å². The normalized spacial score (nSPS) is 10.4. The van der Waals surface area contributed by atoms with E-state index in [2.05, 4.69) is 5.32 Å². The number of hydrogen-bond acceptors (Lipinski definition) is 8. The van der Waals surface area contributed by atoms with Crippen molar-refractivity contribution in [3.05, 3.63) is 57.4 Å². The van der Waals surface area contributed by atoms with E-state index < -0.39 is 24.5 Å². The fourth-order valence-corrected chi connectivity index (χ4v) is 4.02. The van der Waals surface area contributed by atoms with Gasteiger partial charge < -0.3 is 19.2 Å². The van der Waals surface area contributed by atoms with E-state index in [1.165, 1.54) is 25.4 Å². The van der Waals surface area contributed by atoms with Gasteiger partial charge in [-0.1, -0.05) is 0 Å². The van der Waals surface area contributed by atoms with Crippen LogP contribution in [0.25, 0.3) is 5.88 Å². The number of esters is 2. The predicted octanol–water partition coefficient (Wildman–Crippen LogP) is 3.51. The van der Waals surface area contributed by atoms with Crippen molar-refractivity contribution in [2.45, 2.75) is 20.8 Å². The molecule has 0 spiro atoms. The standard InChI is InChI=1S/C21H19N3O6S/c1-11-13(3)31-18(16(11)20(26)28-4)23-15(25)10-29-21(27)17-12(2)30-19(14(17)9-22)24-7-5-6-8-24/h5-8H,10H2,1-4H3,(H,23,25). The lowest BCUT2D eigenvalue weighted by Crippen LogP contribution is -2.22. The van der Waals surface area contributed by atoms with E-state index in [0.717, 1.165) is 4.88 Å². The van der Waals surface area contributed by atoms with Crippen LogP contribution in [0.4, 0.5) is 5.00 Å². The van der Waals surface area contributed by atoms with Gasteiger partial charge in [-0.25, -0.2) is 9.59 Å². The number of rotatable bonds is 6. The minimum atomic E-state index is -0.863. The molecule has 0 saturated carbocycles. The summed E-state index contributed by atoms with van der Waals surface area (Å²) in [5, 5.41) is 12.4. The number of aryl methyl sites for hydroxylation is 2. The van der Waals surface area contributed by atoms with Crippen LogP contribution in [0.1, 0.15) is 42.5 Å². The van der Waals surface area contributed by atoms with Gasteiger partial charge in [0.1, 0.15) is 28.0 Å². The lowest BCUT2D eigenvalue weighted by Gasteiger charge is -2.07. The molecule has 0 saturated heterocycles. The topological polar surface area (TPSA) is 124 Å². The van der Waals surface area contributed by atoms with E-state index in [1.807, 2.05) is 13.0 Å². The summed E-state index contributed by atoms with van der Waals surface area (Å²) in [5.74, 6) is -1.68. The second-order valence-electron chi connectivity index (χ2n) is 6.52. The predicted molar refractivity (Wildman–Crippen MR) is 112 cm³/mol. The first-order valence-electron chi connectivity index (χ1n) is 9.10. The van der Waals surface area contributed by atoms with Crippen LogP contribution in [0, 0.1) is 32.1 Å². The van der Waals surface area contributed by atoms with Gasteiger partial charge in [0, 0.05) is 17.3 Å². The first-order chi connectivity index (χ1) is 14.8. The van der Waals surface area contributed by atoms with Crippen LogP contribution in [-0.4, -0.2) is 36.1 Å². The van der Waals surface area contributed by atoms with E-state index in [0.29, 0.717) is 10.6 Å². The smallest absolute Gasteiger partial charge is 0.343 e. The summed E-state index contributed by atoms with van der Waals surface area (Å²) in [4.78, 5) is 37.8. The van der Waals surface area contributed by atoms with Crippen LogP contribution in [-0.2, 0) is 14.3 Å². The van der Waals surface area contributed by atoms with Gasteiger partial charge in [0.15, 0.2) is 6.61 Å². The number of furan rings is 1. The van der Waals surface area contributed by atoms with E-state index in [4.69, 9.17) is 13.9 Å². The van der Waals surface area contributed by atoms with Crippen molar-refractivity contribution < 1.29 is 28.3 Å². The quantitative estimate of drug-likeness (QED) is 0.581.